The van der Waals surface area contributed by atoms with E-state index in [1.165, 1.54) is 11.1 Å². The summed E-state index contributed by atoms with van der Waals surface area (Å²) in [5.74, 6) is 0.00691. The fourth-order valence-corrected chi connectivity index (χ4v) is 2.62. The molecule has 108 valence electrons. The fourth-order valence-electron chi connectivity index (χ4n) is 2.62. The fraction of sp³-hybridized carbons (Fsp3) is 0.235. The van der Waals surface area contributed by atoms with Crippen molar-refractivity contribution in [3.8, 4) is 5.75 Å². The van der Waals surface area contributed by atoms with Gasteiger partial charge in [-0.05, 0) is 36.1 Å². The first-order chi connectivity index (χ1) is 10.1. The van der Waals surface area contributed by atoms with Gasteiger partial charge < -0.3 is 15.7 Å². The van der Waals surface area contributed by atoms with Gasteiger partial charge in [0.05, 0.1) is 11.7 Å². The summed E-state index contributed by atoms with van der Waals surface area (Å²) >= 11 is 0. The number of anilines is 1. The van der Waals surface area contributed by atoms with Crippen molar-refractivity contribution in [3.05, 3.63) is 59.2 Å². The van der Waals surface area contributed by atoms with Crippen LogP contribution in [0.2, 0.25) is 0 Å². The monoisotopic (exact) mass is 282 g/mol. The third kappa shape index (κ3) is 2.76. The maximum atomic E-state index is 12.4. The molecule has 1 aliphatic heterocycles. The number of phenolic OH excluding ortho intramolecular Hbond substituents is 1. The highest BCUT2D eigenvalue weighted by atomic mass is 16.3. The smallest absolute Gasteiger partial charge is 0.241 e. The summed E-state index contributed by atoms with van der Waals surface area (Å²) in [5, 5.41) is 16.0. The average Bonchev–Trinajstić information content (AvgIpc) is 2.51. The van der Waals surface area contributed by atoms with Gasteiger partial charge in [-0.15, -0.1) is 0 Å². The molecule has 0 aliphatic carbocycles. The Hall–Kier alpha value is -2.33. The number of phenols is 1. The minimum atomic E-state index is -0.278. The minimum Gasteiger partial charge on any atom is -0.505 e. The highest BCUT2D eigenvalue weighted by molar-refractivity contribution is 5.96. The first-order valence-electron chi connectivity index (χ1n) is 7.05. The molecule has 4 nitrogen and oxygen atoms in total. The van der Waals surface area contributed by atoms with E-state index in [1.807, 2.05) is 18.2 Å². The largest absolute Gasteiger partial charge is 0.505 e. The number of carbonyl (C=O) groups excluding carboxylic acids is 1. The standard InChI is InChI=1S/C17H18N2O2/c1-11-5-4-8-14(16(11)20)19-17(21)15-9-12-6-2-3-7-13(12)10-18-15/h2-8,15,18,20H,9-10H2,1H3,(H,19,21). The second-order valence-corrected chi connectivity index (χ2v) is 5.37. The van der Waals surface area contributed by atoms with Crippen LogP contribution in [0, 0.1) is 6.92 Å². The SMILES string of the molecule is Cc1cccc(NC(=O)C2Cc3ccccc3CN2)c1O. The number of fused-ring (bicyclic) bond motifs is 1. The summed E-state index contributed by atoms with van der Waals surface area (Å²) in [6, 6.07) is 13.2. The number of para-hydroxylation sites is 1. The van der Waals surface area contributed by atoms with Gasteiger partial charge in [0.1, 0.15) is 5.75 Å². The van der Waals surface area contributed by atoms with E-state index in [0.29, 0.717) is 18.7 Å². The molecule has 0 fully saturated rings. The topological polar surface area (TPSA) is 61.4 Å². The Morgan fingerprint density at radius 2 is 1.95 bits per heavy atom. The second kappa shape index (κ2) is 5.58. The number of hydrogen-bond donors (Lipinski definition) is 3. The van der Waals surface area contributed by atoms with Gasteiger partial charge in [0.2, 0.25) is 5.91 Å². The van der Waals surface area contributed by atoms with E-state index in [0.717, 1.165) is 5.56 Å². The van der Waals surface area contributed by atoms with E-state index in [9.17, 15) is 9.90 Å². The summed E-state index contributed by atoms with van der Waals surface area (Å²) in [4.78, 5) is 12.4. The predicted octanol–water partition coefficient (Wildman–Crippen LogP) is 2.35. The lowest BCUT2D eigenvalue weighted by molar-refractivity contribution is -0.118. The molecule has 3 rings (SSSR count). The van der Waals surface area contributed by atoms with Crippen molar-refractivity contribution in [2.24, 2.45) is 0 Å². The van der Waals surface area contributed by atoms with Crippen LogP contribution in [0.4, 0.5) is 5.69 Å². The van der Waals surface area contributed by atoms with Crippen molar-refractivity contribution < 1.29 is 9.90 Å². The van der Waals surface area contributed by atoms with Crippen LogP contribution in [0.1, 0.15) is 16.7 Å². The van der Waals surface area contributed by atoms with Crippen molar-refractivity contribution in [2.45, 2.75) is 25.9 Å². The third-order valence-corrected chi connectivity index (χ3v) is 3.89. The first-order valence-corrected chi connectivity index (χ1v) is 7.05. The van der Waals surface area contributed by atoms with Crippen molar-refractivity contribution >= 4 is 11.6 Å². The van der Waals surface area contributed by atoms with E-state index in [1.54, 1.807) is 19.1 Å². The molecule has 0 saturated heterocycles. The molecule has 3 N–H and O–H groups in total. The number of aryl methyl sites for hydroxylation is 1. The molecule has 2 aromatic rings. The molecule has 0 spiro atoms. The van der Waals surface area contributed by atoms with Gasteiger partial charge in [-0.25, -0.2) is 0 Å². The van der Waals surface area contributed by atoms with Gasteiger partial charge in [0.25, 0.3) is 0 Å². The molecule has 0 saturated carbocycles. The van der Waals surface area contributed by atoms with Crippen LogP contribution in [-0.2, 0) is 17.8 Å². The summed E-state index contributed by atoms with van der Waals surface area (Å²) in [6.07, 6.45) is 0.661. The summed E-state index contributed by atoms with van der Waals surface area (Å²) < 4.78 is 0. The molecule has 0 aromatic heterocycles. The lowest BCUT2D eigenvalue weighted by Gasteiger charge is -2.25. The second-order valence-electron chi connectivity index (χ2n) is 5.37. The third-order valence-electron chi connectivity index (χ3n) is 3.89. The normalized spacial score (nSPS) is 17.1. The van der Waals surface area contributed by atoms with Crippen molar-refractivity contribution in [3.63, 3.8) is 0 Å². The minimum absolute atomic E-state index is 0.120. The molecule has 1 amide bonds. The number of aromatic hydroxyl groups is 1. The molecule has 2 aromatic carbocycles. The van der Waals surface area contributed by atoms with Crippen LogP contribution in [0.5, 0.6) is 5.75 Å². The molecule has 1 atom stereocenters. The molecule has 1 aliphatic rings. The van der Waals surface area contributed by atoms with Crippen LogP contribution in [0.25, 0.3) is 0 Å². The zero-order chi connectivity index (χ0) is 14.8. The molecule has 0 bridgehead atoms. The number of rotatable bonds is 2. The van der Waals surface area contributed by atoms with Crippen LogP contribution >= 0.6 is 0 Å². The Morgan fingerprint density at radius 3 is 2.76 bits per heavy atom. The molecular weight excluding hydrogens is 264 g/mol. The Morgan fingerprint density at radius 1 is 1.19 bits per heavy atom. The molecule has 1 unspecified atom stereocenters. The molecule has 21 heavy (non-hydrogen) atoms. The average molecular weight is 282 g/mol. The number of amides is 1. The summed E-state index contributed by atoms with van der Waals surface area (Å²) in [7, 11) is 0. The number of hydrogen-bond acceptors (Lipinski definition) is 3. The van der Waals surface area contributed by atoms with Crippen LogP contribution in [0.3, 0.4) is 0 Å². The van der Waals surface area contributed by atoms with Gasteiger partial charge in [0.15, 0.2) is 0 Å². The van der Waals surface area contributed by atoms with Gasteiger partial charge in [-0.3, -0.25) is 4.79 Å². The number of carbonyl (C=O) groups is 1. The van der Waals surface area contributed by atoms with Crippen LogP contribution in [0.15, 0.2) is 42.5 Å². The zero-order valence-corrected chi connectivity index (χ0v) is 11.9. The Bertz CT molecular complexity index is 682. The van der Waals surface area contributed by atoms with Crippen molar-refractivity contribution in [1.29, 1.82) is 0 Å². The van der Waals surface area contributed by atoms with Crippen LogP contribution < -0.4 is 10.6 Å². The van der Waals surface area contributed by atoms with Crippen molar-refractivity contribution in [1.82, 2.24) is 5.32 Å². The zero-order valence-electron chi connectivity index (χ0n) is 11.9. The Kier molecular flexibility index (Phi) is 3.62. The van der Waals surface area contributed by atoms with E-state index >= 15 is 0 Å². The Balaban J connectivity index is 1.74. The maximum Gasteiger partial charge on any atom is 0.241 e. The first kappa shape index (κ1) is 13.6. The number of benzene rings is 2. The quantitative estimate of drug-likeness (QED) is 0.741. The van der Waals surface area contributed by atoms with E-state index < -0.39 is 0 Å². The highest BCUT2D eigenvalue weighted by Crippen LogP contribution is 2.27. The lowest BCUT2D eigenvalue weighted by atomic mass is 9.95. The summed E-state index contributed by atoms with van der Waals surface area (Å²) in [5.41, 5.74) is 3.64. The van der Waals surface area contributed by atoms with Gasteiger partial charge in [-0.1, -0.05) is 36.4 Å². The Labute approximate surface area is 123 Å². The van der Waals surface area contributed by atoms with Gasteiger partial charge >= 0.3 is 0 Å². The molecule has 1 heterocycles. The number of nitrogens with one attached hydrogen (secondary N) is 2. The van der Waals surface area contributed by atoms with E-state index in [2.05, 4.69) is 22.8 Å². The molecular formula is C17H18N2O2. The van der Waals surface area contributed by atoms with E-state index in [-0.39, 0.29) is 17.7 Å². The summed E-state index contributed by atoms with van der Waals surface area (Å²) in [6.45, 7) is 2.49. The predicted molar refractivity (Wildman–Crippen MR) is 82.2 cm³/mol. The van der Waals surface area contributed by atoms with E-state index in [4.69, 9.17) is 0 Å². The van der Waals surface area contributed by atoms with Gasteiger partial charge in [-0.2, -0.15) is 0 Å². The van der Waals surface area contributed by atoms with Crippen LogP contribution in [-0.4, -0.2) is 17.1 Å². The van der Waals surface area contributed by atoms with Gasteiger partial charge in [0, 0.05) is 6.54 Å². The molecule has 0 radical (unpaired) electrons. The highest BCUT2D eigenvalue weighted by Gasteiger charge is 2.24. The maximum absolute atomic E-state index is 12.4. The van der Waals surface area contributed by atoms with Crippen molar-refractivity contribution in [2.75, 3.05) is 5.32 Å². The lowest BCUT2D eigenvalue weighted by Crippen LogP contribution is -2.44. The molecule has 4 heteroatoms.